The fraction of sp³-hybridized carbons (Fsp3) is 0.500. The first kappa shape index (κ1) is 22.8. The quantitative estimate of drug-likeness (QED) is 0.146. The van der Waals surface area contributed by atoms with Crippen molar-refractivity contribution in [3.63, 3.8) is 0 Å². The van der Waals surface area contributed by atoms with E-state index in [9.17, 15) is 18.3 Å². The van der Waals surface area contributed by atoms with Crippen LogP contribution in [0, 0.1) is 0 Å². The summed E-state index contributed by atoms with van der Waals surface area (Å²) in [6.07, 6.45) is 0.347. The Labute approximate surface area is 159 Å². The summed E-state index contributed by atoms with van der Waals surface area (Å²) in [5.41, 5.74) is 12.0. The van der Waals surface area contributed by atoms with E-state index in [-0.39, 0.29) is 30.7 Å². The number of guanidine groups is 1. The highest BCUT2D eigenvalue weighted by molar-refractivity contribution is 7.89. The molecule has 1 rings (SSSR count). The van der Waals surface area contributed by atoms with E-state index >= 15 is 0 Å². The Balaban J connectivity index is 2.42. The Kier molecular flexibility index (Phi) is 9.72. The average Bonchev–Trinajstić information content (AvgIpc) is 2.62. The van der Waals surface area contributed by atoms with Crippen molar-refractivity contribution in [2.24, 2.45) is 16.5 Å². The smallest absolute Gasteiger partial charge is 0.234 e. The Morgan fingerprint density at radius 1 is 1.26 bits per heavy atom. The van der Waals surface area contributed by atoms with Crippen molar-refractivity contribution in [3.05, 3.63) is 29.8 Å². The number of rotatable bonds is 12. The van der Waals surface area contributed by atoms with Crippen LogP contribution in [-0.4, -0.2) is 50.5 Å². The molecule has 0 aliphatic carbocycles. The molecule has 0 saturated heterocycles. The van der Waals surface area contributed by atoms with E-state index in [1.54, 1.807) is 24.3 Å². The standard InChI is InChI=1S/C16H28N6O4S/c1-2-3-8-27(25,26)22-14(11-23)19-10-15(24)20-9-12-4-6-13(7-5-12)21-16(17)18/h4-7,14,19,22-23H,2-3,8-11H2,1H3,(H,20,24)(H4,17,18,21). The van der Waals surface area contributed by atoms with E-state index in [1.165, 1.54) is 0 Å². The monoisotopic (exact) mass is 400 g/mol. The fourth-order valence-corrected chi connectivity index (χ4v) is 3.45. The fourth-order valence-electron chi connectivity index (χ4n) is 2.07. The van der Waals surface area contributed by atoms with E-state index in [0.717, 1.165) is 12.0 Å². The molecule has 0 bridgehead atoms. The third kappa shape index (κ3) is 9.89. The van der Waals surface area contributed by atoms with Gasteiger partial charge in [0.2, 0.25) is 15.9 Å². The van der Waals surface area contributed by atoms with Crippen molar-refractivity contribution in [3.8, 4) is 0 Å². The second-order valence-electron chi connectivity index (χ2n) is 5.89. The van der Waals surface area contributed by atoms with E-state index in [4.69, 9.17) is 11.5 Å². The molecule has 0 aromatic heterocycles. The molecule has 11 heteroatoms. The first-order valence-corrected chi connectivity index (χ1v) is 10.2. The predicted molar refractivity (Wildman–Crippen MR) is 104 cm³/mol. The van der Waals surface area contributed by atoms with Crippen LogP contribution in [0.25, 0.3) is 0 Å². The molecule has 0 heterocycles. The minimum Gasteiger partial charge on any atom is -0.393 e. The zero-order valence-corrected chi connectivity index (χ0v) is 16.1. The Hall–Kier alpha value is -2.21. The molecule has 1 amide bonds. The van der Waals surface area contributed by atoms with Gasteiger partial charge in [-0.15, -0.1) is 0 Å². The highest BCUT2D eigenvalue weighted by Crippen LogP contribution is 2.12. The summed E-state index contributed by atoms with van der Waals surface area (Å²) in [4.78, 5) is 15.8. The molecule has 10 nitrogen and oxygen atoms in total. The summed E-state index contributed by atoms with van der Waals surface area (Å²) in [5.74, 6) is -0.399. The summed E-state index contributed by atoms with van der Waals surface area (Å²) in [6.45, 7) is 1.56. The van der Waals surface area contributed by atoms with E-state index in [1.807, 2.05) is 6.92 Å². The van der Waals surface area contributed by atoms with Crippen molar-refractivity contribution >= 4 is 27.6 Å². The number of carbonyl (C=O) groups is 1. The number of nitrogens with one attached hydrogen (secondary N) is 3. The van der Waals surface area contributed by atoms with Gasteiger partial charge in [-0.25, -0.2) is 13.4 Å². The van der Waals surface area contributed by atoms with Gasteiger partial charge in [-0.1, -0.05) is 25.5 Å². The van der Waals surface area contributed by atoms with Crippen LogP contribution in [0.15, 0.2) is 29.3 Å². The largest absolute Gasteiger partial charge is 0.393 e. The van der Waals surface area contributed by atoms with Crippen molar-refractivity contribution < 1.29 is 18.3 Å². The number of unbranched alkanes of at least 4 members (excludes halogenated alkanes) is 1. The van der Waals surface area contributed by atoms with Gasteiger partial charge >= 0.3 is 0 Å². The highest BCUT2D eigenvalue weighted by atomic mass is 32.2. The molecule has 0 saturated carbocycles. The maximum atomic E-state index is 11.9. The predicted octanol–water partition coefficient (Wildman–Crippen LogP) is -1.16. The normalized spacial score (nSPS) is 12.4. The molecule has 1 aromatic rings. The topological polar surface area (TPSA) is 172 Å². The van der Waals surface area contributed by atoms with Crippen LogP contribution < -0.4 is 26.8 Å². The zero-order chi connectivity index (χ0) is 20.3. The summed E-state index contributed by atoms with van der Waals surface area (Å²) in [6, 6.07) is 6.97. The summed E-state index contributed by atoms with van der Waals surface area (Å²) in [5, 5.41) is 14.6. The van der Waals surface area contributed by atoms with Crippen molar-refractivity contribution in [2.45, 2.75) is 32.5 Å². The number of nitrogens with zero attached hydrogens (tertiary/aromatic N) is 1. The molecule has 0 aliphatic heterocycles. The van der Waals surface area contributed by atoms with Gasteiger partial charge in [-0.2, -0.15) is 4.72 Å². The van der Waals surface area contributed by atoms with E-state index < -0.39 is 22.8 Å². The molecule has 1 aromatic carbocycles. The van der Waals surface area contributed by atoms with Gasteiger partial charge in [0.05, 0.1) is 30.8 Å². The van der Waals surface area contributed by atoms with Crippen LogP contribution in [0.5, 0.6) is 0 Å². The van der Waals surface area contributed by atoms with Gasteiger partial charge in [-0.05, 0) is 24.1 Å². The molecule has 0 aliphatic rings. The SMILES string of the molecule is CCCCS(=O)(=O)NC(CO)NCC(=O)NCc1ccc(N=C(N)N)cc1. The Morgan fingerprint density at radius 3 is 2.48 bits per heavy atom. The van der Waals surface area contributed by atoms with Crippen LogP contribution in [0.2, 0.25) is 0 Å². The van der Waals surface area contributed by atoms with Gasteiger partial charge in [0.1, 0.15) is 0 Å². The highest BCUT2D eigenvalue weighted by Gasteiger charge is 2.17. The summed E-state index contributed by atoms with van der Waals surface area (Å²) >= 11 is 0. The van der Waals surface area contributed by atoms with Crippen LogP contribution in [0.4, 0.5) is 5.69 Å². The number of amides is 1. The maximum Gasteiger partial charge on any atom is 0.234 e. The first-order valence-electron chi connectivity index (χ1n) is 8.55. The number of aliphatic hydroxyl groups excluding tert-OH is 1. The second kappa shape index (κ2) is 11.5. The molecular weight excluding hydrogens is 372 g/mol. The number of aliphatic hydroxyl groups is 1. The molecule has 0 spiro atoms. The Morgan fingerprint density at radius 2 is 1.93 bits per heavy atom. The number of hydrogen-bond donors (Lipinski definition) is 6. The first-order chi connectivity index (χ1) is 12.8. The molecule has 1 atom stereocenters. The number of carbonyl (C=O) groups excluding carboxylic acids is 1. The number of aliphatic imine (C=N–C) groups is 1. The van der Waals surface area contributed by atoms with Crippen LogP contribution in [0.3, 0.4) is 0 Å². The molecule has 1 unspecified atom stereocenters. The van der Waals surface area contributed by atoms with Crippen LogP contribution in [0.1, 0.15) is 25.3 Å². The van der Waals surface area contributed by atoms with Crippen molar-refractivity contribution in [1.82, 2.24) is 15.4 Å². The van der Waals surface area contributed by atoms with Gasteiger partial charge in [0.25, 0.3) is 0 Å². The van der Waals surface area contributed by atoms with Gasteiger partial charge in [0.15, 0.2) is 5.96 Å². The van der Waals surface area contributed by atoms with Crippen LogP contribution in [-0.2, 0) is 21.4 Å². The number of benzene rings is 1. The number of hydrogen-bond acceptors (Lipinski definition) is 6. The minimum absolute atomic E-state index is 0.0241. The van der Waals surface area contributed by atoms with Gasteiger partial charge in [-0.3, -0.25) is 10.1 Å². The lowest BCUT2D eigenvalue weighted by Crippen LogP contribution is -2.51. The van der Waals surface area contributed by atoms with Crippen molar-refractivity contribution in [1.29, 1.82) is 0 Å². The van der Waals surface area contributed by atoms with E-state index in [2.05, 4.69) is 20.3 Å². The molecule has 0 radical (unpaired) electrons. The molecule has 8 N–H and O–H groups in total. The third-order valence-electron chi connectivity index (χ3n) is 3.46. The Bertz CT molecular complexity index is 717. The second-order valence-corrected chi connectivity index (χ2v) is 7.76. The third-order valence-corrected chi connectivity index (χ3v) is 4.93. The minimum atomic E-state index is -3.50. The lowest BCUT2D eigenvalue weighted by atomic mass is 10.2. The lowest BCUT2D eigenvalue weighted by molar-refractivity contribution is -0.120. The molecule has 152 valence electrons. The lowest BCUT2D eigenvalue weighted by Gasteiger charge is -2.17. The van der Waals surface area contributed by atoms with E-state index in [0.29, 0.717) is 12.1 Å². The average molecular weight is 401 g/mol. The molecular formula is C16H28N6O4S. The number of nitrogens with two attached hydrogens (primary N) is 2. The molecule has 27 heavy (non-hydrogen) atoms. The van der Waals surface area contributed by atoms with Crippen molar-refractivity contribution in [2.75, 3.05) is 18.9 Å². The zero-order valence-electron chi connectivity index (χ0n) is 15.3. The number of sulfonamides is 1. The van der Waals surface area contributed by atoms with Crippen LogP contribution >= 0.6 is 0 Å². The van der Waals surface area contributed by atoms with Gasteiger partial charge < -0.3 is 21.9 Å². The molecule has 0 fully saturated rings. The maximum absolute atomic E-state index is 11.9. The summed E-state index contributed by atoms with van der Waals surface area (Å²) in [7, 11) is -3.50. The van der Waals surface area contributed by atoms with Gasteiger partial charge in [0, 0.05) is 6.54 Å². The summed E-state index contributed by atoms with van der Waals surface area (Å²) < 4.78 is 26.0.